The van der Waals surface area contributed by atoms with Crippen LogP contribution in [0.4, 0.5) is 18.9 Å². The SMILES string of the molecule is Nc1cc(C(F)(F)F)nc2ccc(Cl)c(C3CCC(NC(=O)c4cc5ccccn5n4)CC3)c12. The minimum absolute atomic E-state index is 0.000354. The fraction of sp³-hybridized carbons (Fsp3) is 0.292. The molecule has 10 heteroatoms. The summed E-state index contributed by atoms with van der Waals surface area (Å²) >= 11 is 6.49. The first-order valence-corrected chi connectivity index (χ1v) is 11.3. The number of benzene rings is 1. The van der Waals surface area contributed by atoms with Crippen molar-refractivity contribution in [3.63, 3.8) is 0 Å². The van der Waals surface area contributed by atoms with Gasteiger partial charge in [0.05, 0.1) is 11.0 Å². The molecule has 1 saturated carbocycles. The molecule has 1 aliphatic rings. The summed E-state index contributed by atoms with van der Waals surface area (Å²) in [5.41, 5.74) is 7.13. The maximum absolute atomic E-state index is 13.2. The Morgan fingerprint density at radius 1 is 1.12 bits per heavy atom. The maximum atomic E-state index is 13.2. The van der Waals surface area contributed by atoms with Crippen LogP contribution >= 0.6 is 11.6 Å². The van der Waals surface area contributed by atoms with Gasteiger partial charge in [-0.1, -0.05) is 17.7 Å². The summed E-state index contributed by atoms with van der Waals surface area (Å²) in [6, 6.07) is 11.2. The Morgan fingerprint density at radius 2 is 1.88 bits per heavy atom. The summed E-state index contributed by atoms with van der Waals surface area (Å²) in [4.78, 5) is 16.5. The molecule has 1 amide bonds. The van der Waals surface area contributed by atoms with Gasteiger partial charge in [-0.3, -0.25) is 4.79 Å². The van der Waals surface area contributed by atoms with E-state index < -0.39 is 11.9 Å². The number of nitrogens with two attached hydrogens (primary N) is 1. The van der Waals surface area contributed by atoms with Gasteiger partial charge in [0.2, 0.25) is 0 Å². The first kappa shape index (κ1) is 22.5. The summed E-state index contributed by atoms with van der Waals surface area (Å²) in [5.74, 6) is -0.233. The van der Waals surface area contributed by atoms with Gasteiger partial charge in [0.25, 0.3) is 5.91 Å². The zero-order valence-corrected chi connectivity index (χ0v) is 18.7. The molecule has 3 heterocycles. The van der Waals surface area contributed by atoms with Gasteiger partial charge in [-0.25, -0.2) is 9.50 Å². The summed E-state index contributed by atoms with van der Waals surface area (Å²) < 4.78 is 41.2. The van der Waals surface area contributed by atoms with Crippen molar-refractivity contribution in [3.05, 3.63) is 70.6 Å². The van der Waals surface area contributed by atoms with Gasteiger partial charge in [-0.2, -0.15) is 18.3 Å². The molecule has 34 heavy (non-hydrogen) atoms. The first-order chi connectivity index (χ1) is 16.2. The van der Waals surface area contributed by atoms with E-state index in [1.807, 2.05) is 18.2 Å². The number of aromatic nitrogens is 3. The van der Waals surface area contributed by atoms with Crippen molar-refractivity contribution in [3.8, 4) is 0 Å². The van der Waals surface area contributed by atoms with Crippen LogP contribution < -0.4 is 11.1 Å². The summed E-state index contributed by atoms with van der Waals surface area (Å²) in [6.07, 6.45) is 0.00248. The normalized spacial score (nSPS) is 18.9. The van der Waals surface area contributed by atoms with Gasteiger partial charge in [-0.05, 0) is 73.6 Å². The van der Waals surface area contributed by atoms with Crippen LogP contribution in [0.3, 0.4) is 0 Å². The lowest BCUT2D eigenvalue weighted by molar-refractivity contribution is -0.140. The molecule has 0 radical (unpaired) electrons. The molecule has 1 aromatic carbocycles. The zero-order chi connectivity index (χ0) is 24.0. The van der Waals surface area contributed by atoms with Crippen LogP contribution in [0.1, 0.15) is 53.3 Å². The number of alkyl halides is 3. The molecular weight excluding hydrogens is 467 g/mol. The number of pyridine rings is 2. The second-order valence-electron chi connectivity index (χ2n) is 8.57. The van der Waals surface area contributed by atoms with Crippen LogP contribution in [-0.4, -0.2) is 26.5 Å². The minimum atomic E-state index is -4.58. The predicted molar refractivity (Wildman–Crippen MR) is 124 cm³/mol. The highest BCUT2D eigenvalue weighted by molar-refractivity contribution is 6.32. The van der Waals surface area contributed by atoms with E-state index in [0.29, 0.717) is 41.8 Å². The Balaban J connectivity index is 1.33. The highest BCUT2D eigenvalue weighted by Gasteiger charge is 2.34. The van der Waals surface area contributed by atoms with E-state index >= 15 is 0 Å². The van der Waals surface area contributed by atoms with Crippen LogP contribution in [0.2, 0.25) is 5.02 Å². The molecule has 176 valence electrons. The third-order valence-corrected chi connectivity index (χ3v) is 6.69. The third-order valence-electron chi connectivity index (χ3n) is 6.36. The fourth-order valence-corrected chi connectivity index (χ4v) is 5.05. The number of anilines is 1. The first-order valence-electron chi connectivity index (χ1n) is 10.9. The van der Waals surface area contributed by atoms with Crippen LogP contribution in [0, 0.1) is 0 Å². The number of nitrogens with zero attached hydrogens (tertiary/aromatic N) is 3. The Bertz CT molecular complexity index is 1360. The number of rotatable bonds is 3. The molecule has 0 saturated heterocycles. The number of hydrogen-bond acceptors (Lipinski definition) is 4. The van der Waals surface area contributed by atoms with Crippen LogP contribution in [0.15, 0.2) is 48.7 Å². The fourth-order valence-electron chi connectivity index (χ4n) is 4.74. The summed E-state index contributed by atoms with van der Waals surface area (Å²) in [6.45, 7) is 0. The molecule has 1 aliphatic carbocycles. The Kier molecular flexibility index (Phi) is 5.59. The molecule has 5 rings (SSSR count). The average molecular weight is 488 g/mol. The lowest BCUT2D eigenvalue weighted by Gasteiger charge is -2.30. The zero-order valence-electron chi connectivity index (χ0n) is 17.9. The second kappa shape index (κ2) is 8.47. The van der Waals surface area contributed by atoms with Crippen molar-refractivity contribution in [2.75, 3.05) is 5.73 Å². The lowest BCUT2D eigenvalue weighted by Crippen LogP contribution is -2.37. The molecule has 0 spiro atoms. The number of nitrogen functional groups attached to an aromatic ring is 1. The van der Waals surface area contributed by atoms with E-state index in [1.54, 1.807) is 22.8 Å². The molecule has 6 nitrogen and oxygen atoms in total. The molecule has 1 fully saturated rings. The summed E-state index contributed by atoms with van der Waals surface area (Å²) in [5, 5.41) is 8.28. The lowest BCUT2D eigenvalue weighted by atomic mass is 9.80. The smallest absolute Gasteiger partial charge is 0.398 e. The second-order valence-corrected chi connectivity index (χ2v) is 8.98. The van der Waals surface area contributed by atoms with E-state index in [0.717, 1.165) is 17.1 Å². The highest BCUT2D eigenvalue weighted by atomic mass is 35.5. The highest BCUT2D eigenvalue weighted by Crippen LogP contribution is 2.43. The minimum Gasteiger partial charge on any atom is -0.398 e. The molecule has 4 aromatic rings. The Hall–Kier alpha value is -3.33. The maximum Gasteiger partial charge on any atom is 0.433 e. The van der Waals surface area contributed by atoms with Crippen molar-refractivity contribution in [1.82, 2.24) is 19.9 Å². The molecule has 0 bridgehead atoms. The number of hydrogen-bond donors (Lipinski definition) is 2. The number of carbonyl (C=O) groups is 1. The van der Waals surface area contributed by atoms with Crippen molar-refractivity contribution in [2.24, 2.45) is 0 Å². The van der Waals surface area contributed by atoms with E-state index in [-0.39, 0.29) is 29.1 Å². The van der Waals surface area contributed by atoms with Crippen molar-refractivity contribution in [1.29, 1.82) is 0 Å². The van der Waals surface area contributed by atoms with E-state index in [2.05, 4.69) is 15.4 Å². The van der Waals surface area contributed by atoms with E-state index in [4.69, 9.17) is 17.3 Å². The molecule has 0 atom stereocenters. The average Bonchev–Trinajstić information content (AvgIpc) is 3.24. The van der Waals surface area contributed by atoms with Crippen molar-refractivity contribution >= 4 is 39.6 Å². The van der Waals surface area contributed by atoms with Crippen molar-refractivity contribution in [2.45, 2.75) is 43.8 Å². The molecular formula is C24H21ClF3N5O. The van der Waals surface area contributed by atoms with Gasteiger partial charge in [0.1, 0.15) is 5.69 Å². The van der Waals surface area contributed by atoms with Gasteiger partial charge in [0, 0.05) is 28.3 Å². The number of carbonyl (C=O) groups excluding carboxylic acids is 1. The van der Waals surface area contributed by atoms with Gasteiger partial charge >= 0.3 is 6.18 Å². The number of nitrogens with one attached hydrogen (secondary N) is 1. The predicted octanol–water partition coefficient (Wildman–Crippen LogP) is 5.59. The van der Waals surface area contributed by atoms with E-state index in [1.165, 1.54) is 6.07 Å². The van der Waals surface area contributed by atoms with Gasteiger partial charge in [0.15, 0.2) is 5.69 Å². The number of amides is 1. The molecule has 0 unspecified atom stereocenters. The standard InChI is InChI=1S/C24H21ClF3N5O/c25-16-8-9-18-22(17(29)12-20(31-18)24(26,27)28)21(16)13-4-6-14(7-5-13)30-23(34)19-11-15-3-1-2-10-33(15)32-19/h1-3,8-14H,4-7H2,(H2,29,31)(H,30,34). The van der Waals surface area contributed by atoms with Crippen LogP contribution in [0.5, 0.6) is 0 Å². The van der Waals surface area contributed by atoms with E-state index in [9.17, 15) is 18.0 Å². The van der Waals surface area contributed by atoms with Crippen LogP contribution in [-0.2, 0) is 6.18 Å². The number of fused-ring (bicyclic) bond motifs is 2. The topological polar surface area (TPSA) is 85.3 Å². The largest absolute Gasteiger partial charge is 0.433 e. The number of halogens is 4. The van der Waals surface area contributed by atoms with Gasteiger partial charge in [-0.15, -0.1) is 0 Å². The molecule has 0 aliphatic heterocycles. The Morgan fingerprint density at radius 3 is 2.59 bits per heavy atom. The van der Waals surface area contributed by atoms with Crippen LogP contribution in [0.25, 0.3) is 16.4 Å². The Labute approximate surface area is 197 Å². The summed E-state index contributed by atoms with van der Waals surface area (Å²) in [7, 11) is 0. The monoisotopic (exact) mass is 487 g/mol. The van der Waals surface area contributed by atoms with Gasteiger partial charge < -0.3 is 11.1 Å². The molecule has 3 N–H and O–H groups in total. The van der Waals surface area contributed by atoms with Crippen molar-refractivity contribution < 1.29 is 18.0 Å². The third kappa shape index (κ3) is 4.16. The molecule has 3 aromatic heterocycles. The quantitative estimate of drug-likeness (QED) is 0.394.